The van der Waals surface area contributed by atoms with Crippen molar-refractivity contribution in [2.45, 2.75) is 37.8 Å². The fourth-order valence-corrected chi connectivity index (χ4v) is 1.19. The van der Waals surface area contributed by atoms with Crippen molar-refractivity contribution in [1.82, 2.24) is 0 Å². The second kappa shape index (κ2) is 18.2. The molecule has 140 valence electrons. The summed E-state index contributed by atoms with van der Waals surface area (Å²) in [6, 6.07) is -2.70. The maximum atomic E-state index is 11.2. The molecule has 0 aliphatic carbocycles. The van der Waals surface area contributed by atoms with Gasteiger partial charge in [0.25, 0.3) is 0 Å². The van der Waals surface area contributed by atoms with Crippen LogP contribution >= 0.6 is 0 Å². The molecule has 0 saturated heterocycles. The maximum absolute atomic E-state index is 11.2. The van der Waals surface area contributed by atoms with Crippen LogP contribution in [0.4, 0.5) is 0 Å². The molecule has 12 nitrogen and oxygen atoms in total. The number of carbonyl (C=O) groups excluding carboxylic acids is 4. The van der Waals surface area contributed by atoms with E-state index in [-0.39, 0.29) is 102 Å². The standard InChI is InChI=1S/C12H16N2O10.3Na.3H/c13-5(9(17)18)1-3-7(15)23-11(21)12(22)24-8(16)4-2-6(14)10(19)20;;;;;;/h5-6H,1-4,13-14H2,(H,17,18)(H,19,20);;;;;;/t5-,6-;;;;;;/m0....../s1. The van der Waals surface area contributed by atoms with Crippen LogP contribution in [0.5, 0.6) is 0 Å². The third-order valence-electron chi connectivity index (χ3n) is 2.53. The van der Waals surface area contributed by atoms with Gasteiger partial charge in [0.2, 0.25) is 0 Å². The third kappa shape index (κ3) is 16.8. The molecule has 0 aliphatic heterocycles. The van der Waals surface area contributed by atoms with Crippen LogP contribution in [0, 0.1) is 0 Å². The molecule has 27 heavy (non-hydrogen) atoms. The molecule has 0 aromatic heterocycles. The molecule has 0 heterocycles. The van der Waals surface area contributed by atoms with Crippen LogP contribution in [0.3, 0.4) is 0 Å². The summed E-state index contributed by atoms with van der Waals surface area (Å²) in [5.74, 6) is -8.74. The van der Waals surface area contributed by atoms with Crippen molar-refractivity contribution in [2.24, 2.45) is 11.5 Å². The summed E-state index contributed by atoms with van der Waals surface area (Å²) in [4.78, 5) is 65.6. The first-order valence-electron chi connectivity index (χ1n) is 6.51. The van der Waals surface area contributed by atoms with E-state index in [9.17, 15) is 28.8 Å². The van der Waals surface area contributed by atoms with Crippen molar-refractivity contribution in [3.63, 3.8) is 0 Å². The van der Waals surface area contributed by atoms with E-state index in [1.807, 2.05) is 0 Å². The van der Waals surface area contributed by atoms with Crippen molar-refractivity contribution in [2.75, 3.05) is 0 Å². The Morgan fingerprint density at radius 1 is 0.667 bits per heavy atom. The van der Waals surface area contributed by atoms with E-state index in [0.29, 0.717) is 0 Å². The summed E-state index contributed by atoms with van der Waals surface area (Å²) in [7, 11) is 0. The second-order valence-corrected chi connectivity index (χ2v) is 4.49. The predicted molar refractivity (Wildman–Crippen MR) is 93.3 cm³/mol. The van der Waals surface area contributed by atoms with Gasteiger partial charge in [0.15, 0.2) is 0 Å². The molecular formula is C12H19N2Na3O10. The molecule has 0 aromatic rings. The zero-order valence-electron chi connectivity index (χ0n) is 12.3. The first-order valence-corrected chi connectivity index (χ1v) is 6.51. The number of nitrogens with two attached hydrogens (primary N) is 2. The Hall–Kier alpha value is 0.140. The number of carboxylic acids is 2. The fourth-order valence-electron chi connectivity index (χ4n) is 1.19. The quantitative estimate of drug-likeness (QED) is 0.127. The average molecular weight is 420 g/mol. The molecule has 0 spiro atoms. The number of hydrogen-bond donors (Lipinski definition) is 4. The Morgan fingerprint density at radius 3 is 1.15 bits per heavy atom. The van der Waals surface area contributed by atoms with Gasteiger partial charge in [0.05, 0.1) is 0 Å². The molecule has 6 N–H and O–H groups in total. The fraction of sp³-hybridized carbons (Fsp3) is 0.500. The SMILES string of the molecule is N[C@@H](CCC(=O)OC(=O)C(=O)OC(=O)CC[C@H](N)C(=O)O)C(=O)O.[NaH].[NaH].[NaH]. The summed E-state index contributed by atoms with van der Waals surface area (Å²) in [5, 5.41) is 17.0. The molecule has 0 fully saturated rings. The van der Waals surface area contributed by atoms with E-state index in [0.717, 1.165) is 0 Å². The minimum atomic E-state index is -1.78. The second-order valence-electron chi connectivity index (χ2n) is 4.49. The van der Waals surface area contributed by atoms with Gasteiger partial charge in [0, 0.05) is 12.8 Å². The summed E-state index contributed by atoms with van der Waals surface area (Å²) >= 11 is 0. The Balaban J connectivity index is -0.000000882. The summed E-state index contributed by atoms with van der Waals surface area (Å²) in [6.07, 6.45) is -1.76. The Bertz CT molecular complexity index is 510. The molecule has 0 unspecified atom stereocenters. The first-order chi connectivity index (χ1) is 11.0. The van der Waals surface area contributed by atoms with Crippen molar-refractivity contribution in [3.8, 4) is 0 Å². The molecule has 0 amide bonds. The first kappa shape index (κ1) is 34.6. The molecule has 15 heteroatoms. The Labute approximate surface area is 219 Å². The minimum absolute atomic E-state index is 0. The summed E-state index contributed by atoms with van der Waals surface area (Å²) in [6.45, 7) is 0. The van der Waals surface area contributed by atoms with E-state index in [2.05, 4.69) is 9.47 Å². The number of carboxylic acid groups (broad SMARTS) is 2. The van der Waals surface area contributed by atoms with Gasteiger partial charge in [-0.05, 0) is 12.8 Å². The number of carbonyl (C=O) groups is 6. The van der Waals surface area contributed by atoms with Gasteiger partial charge in [-0.25, -0.2) is 9.59 Å². The van der Waals surface area contributed by atoms with Crippen LogP contribution in [-0.4, -0.2) is 147 Å². The van der Waals surface area contributed by atoms with Gasteiger partial charge < -0.3 is 31.2 Å². The zero-order chi connectivity index (χ0) is 18.9. The number of esters is 4. The van der Waals surface area contributed by atoms with Crippen molar-refractivity contribution < 1.29 is 48.5 Å². The van der Waals surface area contributed by atoms with Crippen molar-refractivity contribution in [3.05, 3.63) is 0 Å². The molecule has 0 rings (SSSR count). The molecule has 0 aromatic carbocycles. The molecule has 0 bridgehead atoms. The third-order valence-corrected chi connectivity index (χ3v) is 2.53. The molecule has 0 radical (unpaired) electrons. The summed E-state index contributed by atoms with van der Waals surface area (Å²) in [5.41, 5.74) is 10.2. The molecule has 0 saturated carbocycles. The molecule has 2 atom stereocenters. The van der Waals surface area contributed by atoms with E-state index < -0.39 is 60.7 Å². The van der Waals surface area contributed by atoms with Gasteiger partial charge in [-0.2, -0.15) is 0 Å². The van der Waals surface area contributed by atoms with Crippen LogP contribution in [0.2, 0.25) is 0 Å². The summed E-state index contributed by atoms with van der Waals surface area (Å²) < 4.78 is 8.07. The monoisotopic (exact) mass is 420 g/mol. The number of ether oxygens (including phenoxy) is 2. The van der Waals surface area contributed by atoms with E-state index in [1.54, 1.807) is 0 Å². The van der Waals surface area contributed by atoms with Crippen molar-refractivity contribution >= 4 is 124 Å². The topological polar surface area (TPSA) is 213 Å². The van der Waals surface area contributed by atoms with Gasteiger partial charge in [-0.3, -0.25) is 19.2 Å². The van der Waals surface area contributed by atoms with Crippen LogP contribution in [0.1, 0.15) is 25.7 Å². The average Bonchev–Trinajstić information content (AvgIpc) is 2.49. The van der Waals surface area contributed by atoms with Gasteiger partial charge in [-0.1, -0.05) is 0 Å². The van der Waals surface area contributed by atoms with Crippen LogP contribution < -0.4 is 11.5 Å². The van der Waals surface area contributed by atoms with Crippen LogP contribution in [-0.2, 0) is 38.2 Å². The molecular weight excluding hydrogens is 401 g/mol. The Kier molecular flexibility index (Phi) is 23.3. The van der Waals surface area contributed by atoms with E-state index in [1.165, 1.54) is 0 Å². The number of rotatable bonds is 8. The Morgan fingerprint density at radius 2 is 0.926 bits per heavy atom. The van der Waals surface area contributed by atoms with Crippen molar-refractivity contribution in [1.29, 1.82) is 0 Å². The van der Waals surface area contributed by atoms with Gasteiger partial charge in [0.1, 0.15) is 12.1 Å². The van der Waals surface area contributed by atoms with Crippen LogP contribution in [0.15, 0.2) is 0 Å². The van der Waals surface area contributed by atoms with Gasteiger partial charge >= 0.3 is 124 Å². The zero-order valence-corrected chi connectivity index (χ0v) is 12.3. The van der Waals surface area contributed by atoms with Crippen LogP contribution in [0.25, 0.3) is 0 Å². The van der Waals surface area contributed by atoms with Gasteiger partial charge in [-0.15, -0.1) is 0 Å². The van der Waals surface area contributed by atoms with E-state index >= 15 is 0 Å². The van der Waals surface area contributed by atoms with E-state index in [4.69, 9.17) is 21.7 Å². The number of hydrogen-bond acceptors (Lipinski definition) is 10. The molecule has 0 aliphatic rings. The predicted octanol–water partition coefficient (Wildman–Crippen LogP) is -4.44. The normalized spacial score (nSPS) is 11.2. The number of aliphatic carboxylic acids is 2.